The zero-order valence-corrected chi connectivity index (χ0v) is 19.7. The van der Waals surface area contributed by atoms with Gasteiger partial charge in [0, 0.05) is 0 Å². The Kier molecular flexibility index (Phi) is 8.77. The fourth-order valence-corrected chi connectivity index (χ4v) is 12.3. The van der Waals surface area contributed by atoms with Gasteiger partial charge in [0.2, 0.25) is 0 Å². The van der Waals surface area contributed by atoms with E-state index in [0.717, 1.165) is 0 Å². The summed E-state index contributed by atoms with van der Waals surface area (Å²) in [5, 5.41) is 12.4. The van der Waals surface area contributed by atoms with E-state index in [0.29, 0.717) is 6.42 Å². The van der Waals surface area contributed by atoms with Crippen LogP contribution in [0, 0.1) is 0 Å². The molecule has 0 amide bonds. The number of benzene rings is 1. The lowest BCUT2D eigenvalue weighted by Crippen LogP contribution is -2.53. The average molecular weight is 394 g/mol. The SMILES string of the molecule is CC[Si](CC)(CC)c1ccc(CC(N)C(=O)O)c([Si](CC)(CC)CC)c1. The van der Waals surface area contributed by atoms with Gasteiger partial charge in [0.25, 0.3) is 0 Å². The van der Waals surface area contributed by atoms with Crippen LogP contribution in [0.3, 0.4) is 0 Å². The Morgan fingerprint density at radius 1 is 0.923 bits per heavy atom. The molecule has 3 N–H and O–H groups in total. The van der Waals surface area contributed by atoms with Crippen LogP contribution in [0.15, 0.2) is 18.2 Å². The molecule has 0 aromatic heterocycles. The van der Waals surface area contributed by atoms with Gasteiger partial charge in [-0.1, -0.05) is 106 Å². The first kappa shape index (κ1) is 23.1. The van der Waals surface area contributed by atoms with Gasteiger partial charge in [-0.05, 0) is 12.0 Å². The molecule has 0 aliphatic carbocycles. The van der Waals surface area contributed by atoms with Gasteiger partial charge < -0.3 is 10.8 Å². The second-order valence-electron chi connectivity index (χ2n) is 7.70. The summed E-state index contributed by atoms with van der Waals surface area (Å²) in [6.45, 7) is 14.0. The Morgan fingerprint density at radius 3 is 1.77 bits per heavy atom. The summed E-state index contributed by atoms with van der Waals surface area (Å²) < 4.78 is 0. The molecule has 0 heterocycles. The first-order valence-electron chi connectivity index (χ1n) is 10.4. The van der Waals surface area contributed by atoms with Crippen molar-refractivity contribution in [1.29, 1.82) is 0 Å². The van der Waals surface area contributed by atoms with Crippen LogP contribution in [0.2, 0.25) is 36.3 Å². The molecule has 0 aliphatic heterocycles. The lowest BCUT2D eigenvalue weighted by atomic mass is 10.1. The summed E-state index contributed by atoms with van der Waals surface area (Å²) in [6.07, 6.45) is 0.443. The molecule has 1 aromatic carbocycles. The second-order valence-corrected chi connectivity index (χ2v) is 18.2. The summed E-state index contributed by atoms with van der Waals surface area (Å²) in [6, 6.07) is 13.6. The predicted octanol–water partition coefficient (Wildman–Crippen LogP) is 4.07. The molecule has 5 heteroatoms. The molecule has 0 saturated carbocycles. The second kappa shape index (κ2) is 9.86. The molecule has 0 fully saturated rings. The van der Waals surface area contributed by atoms with Crippen LogP contribution in [0.4, 0.5) is 0 Å². The van der Waals surface area contributed by atoms with E-state index in [1.54, 1.807) is 5.19 Å². The normalized spacial score (nSPS) is 13.7. The van der Waals surface area contributed by atoms with Crippen LogP contribution in [-0.2, 0) is 11.2 Å². The Balaban J connectivity index is 3.61. The Labute approximate surface area is 162 Å². The van der Waals surface area contributed by atoms with E-state index in [1.807, 2.05) is 0 Å². The molecular formula is C21H39NO2Si2. The number of carbonyl (C=O) groups is 1. The summed E-state index contributed by atoms with van der Waals surface area (Å²) in [7, 11) is -3.07. The van der Waals surface area contributed by atoms with E-state index in [1.165, 1.54) is 47.0 Å². The van der Waals surface area contributed by atoms with E-state index in [2.05, 4.69) is 59.7 Å². The summed E-state index contributed by atoms with van der Waals surface area (Å²) in [5.74, 6) is -0.906. The minimum absolute atomic E-state index is 0.443. The van der Waals surface area contributed by atoms with Gasteiger partial charge in [0.1, 0.15) is 6.04 Å². The van der Waals surface area contributed by atoms with Crippen LogP contribution in [0.25, 0.3) is 0 Å². The van der Waals surface area contributed by atoms with Crippen LogP contribution in [0.5, 0.6) is 0 Å². The highest BCUT2D eigenvalue weighted by molar-refractivity contribution is 6.94. The van der Waals surface area contributed by atoms with Gasteiger partial charge in [0.05, 0.1) is 16.1 Å². The Morgan fingerprint density at radius 2 is 1.38 bits per heavy atom. The molecule has 3 nitrogen and oxygen atoms in total. The molecule has 0 spiro atoms. The number of hydrogen-bond donors (Lipinski definition) is 2. The van der Waals surface area contributed by atoms with Crippen LogP contribution >= 0.6 is 0 Å². The van der Waals surface area contributed by atoms with E-state index in [9.17, 15) is 9.90 Å². The van der Waals surface area contributed by atoms with Crippen LogP contribution in [0.1, 0.15) is 47.1 Å². The number of carboxylic acids is 1. The third-order valence-electron chi connectivity index (χ3n) is 7.11. The zero-order chi connectivity index (χ0) is 20.0. The zero-order valence-electron chi connectivity index (χ0n) is 17.7. The highest BCUT2D eigenvalue weighted by Gasteiger charge is 2.35. The number of aliphatic carboxylic acids is 1. The molecular weight excluding hydrogens is 354 g/mol. The lowest BCUT2D eigenvalue weighted by molar-refractivity contribution is -0.138. The smallest absolute Gasteiger partial charge is 0.320 e. The fraction of sp³-hybridized carbons (Fsp3) is 0.667. The summed E-state index contributed by atoms with van der Waals surface area (Å²) >= 11 is 0. The monoisotopic (exact) mass is 393 g/mol. The molecule has 0 radical (unpaired) electrons. The molecule has 1 unspecified atom stereocenters. The number of rotatable bonds is 11. The van der Waals surface area contributed by atoms with E-state index >= 15 is 0 Å². The number of carboxylic acid groups (broad SMARTS) is 1. The molecule has 26 heavy (non-hydrogen) atoms. The number of nitrogens with two attached hydrogens (primary N) is 1. The molecule has 1 rings (SSSR count). The van der Waals surface area contributed by atoms with Crippen molar-refractivity contribution in [1.82, 2.24) is 0 Å². The van der Waals surface area contributed by atoms with Crippen molar-refractivity contribution in [2.75, 3.05) is 0 Å². The number of hydrogen-bond acceptors (Lipinski definition) is 2. The minimum Gasteiger partial charge on any atom is -0.480 e. The van der Waals surface area contributed by atoms with E-state index in [4.69, 9.17) is 5.73 Å². The quantitative estimate of drug-likeness (QED) is 0.557. The van der Waals surface area contributed by atoms with Gasteiger partial charge in [0.15, 0.2) is 0 Å². The summed E-state index contributed by atoms with van der Waals surface area (Å²) in [4.78, 5) is 11.3. The molecule has 1 atom stereocenters. The third kappa shape index (κ3) is 4.49. The van der Waals surface area contributed by atoms with E-state index in [-0.39, 0.29) is 0 Å². The standard InChI is InChI=1S/C21H39NO2Si2/c1-7-25(8-2,9-3)18-14-13-17(15-19(22)21(23)24)20(16-18)26(10-4,11-5)12-6/h13-14,16,19H,7-12,15,22H2,1-6H3,(H,23,24). The Bertz CT molecular complexity index is 579. The van der Waals surface area contributed by atoms with Crippen molar-refractivity contribution in [3.05, 3.63) is 23.8 Å². The van der Waals surface area contributed by atoms with Crippen molar-refractivity contribution in [3.8, 4) is 0 Å². The maximum Gasteiger partial charge on any atom is 0.320 e. The highest BCUT2D eigenvalue weighted by Crippen LogP contribution is 2.25. The summed E-state index contributed by atoms with van der Waals surface area (Å²) in [5.41, 5.74) is 7.10. The van der Waals surface area contributed by atoms with Crippen molar-refractivity contribution in [2.24, 2.45) is 5.73 Å². The van der Waals surface area contributed by atoms with Gasteiger partial charge in [-0.3, -0.25) is 4.79 Å². The maximum absolute atomic E-state index is 11.3. The van der Waals surface area contributed by atoms with E-state index < -0.39 is 28.2 Å². The molecule has 0 bridgehead atoms. The van der Waals surface area contributed by atoms with Crippen molar-refractivity contribution in [2.45, 2.75) is 90.3 Å². The Hall–Kier alpha value is -0.916. The lowest BCUT2D eigenvalue weighted by Gasteiger charge is -2.35. The largest absolute Gasteiger partial charge is 0.480 e. The molecule has 0 saturated heterocycles. The fourth-order valence-electron chi connectivity index (χ4n) is 4.59. The predicted molar refractivity (Wildman–Crippen MR) is 119 cm³/mol. The third-order valence-corrected chi connectivity index (χ3v) is 18.4. The van der Waals surface area contributed by atoms with Gasteiger partial charge in [-0.15, -0.1) is 0 Å². The van der Waals surface area contributed by atoms with Crippen LogP contribution in [-0.4, -0.2) is 33.3 Å². The first-order chi connectivity index (χ1) is 12.3. The average Bonchev–Trinajstić information content (AvgIpc) is 2.66. The highest BCUT2D eigenvalue weighted by atomic mass is 28.3. The molecule has 148 valence electrons. The molecule has 1 aromatic rings. The maximum atomic E-state index is 11.3. The van der Waals surface area contributed by atoms with Gasteiger partial charge in [-0.2, -0.15) is 0 Å². The van der Waals surface area contributed by atoms with Crippen molar-refractivity contribution in [3.63, 3.8) is 0 Å². The van der Waals surface area contributed by atoms with Crippen molar-refractivity contribution < 1.29 is 9.90 Å². The van der Waals surface area contributed by atoms with Crippen molar-refractivity contribution >= 4 is 32.5 Å². The first-order valence-corrected chi connectivity index (χ1v) is 15.7. The van der Waals surface area contributed by atoms with Gasteiger partial charge >= 0.3 is 5.97 Å². The molecule has 0 aliphatic rings. The minimum atomic E-state index is -1.61. The van der Waals surface area contributed by atoms with Gasteiger partial charge in [-0.25, -0.2) is 0 Å². The topological polar surface area (TPSA) is 63.3 Å². The van der Waals surface area contributed by atoms with Crippen LogP contribution < -0.4 is 16.1 Å².